The lowest BCUT2D eigenvalue weighted by molar-refractivity contribution is 0.0945. The van der Waals surface area contributed by atoms with Crippen LogP contribution in [0.2, 0.25) is 5.02 Å². The lowest BCUT2D eigenvalue weighted by Crippen LogP contribution is -2.26. The van der Waals surface area contributed by atoms with Gasteiger partial charge in [0.2, 0.25) is 10.0 Å². The van der Waals surface area contributed by atoms with Crippen molar-refractivity contribution in [3.05, 3.63) is 68.4 Å². The third-order valence-electron chi connectivity index (χ3n) is 4.00. The summed E-state index contributed by atoms with van der Waals surface area (Å²) in [7, 11) is -3.98. The normalized spacial score (nSPS) is 11.5. The lowest BCUT2D eigenvalue weighted by Gasteiger charge is -2.10. The van der Waals surface area contributed by atoms with Crippen LogP contribution in [0.15, 0.2) is 35.5 Å². The van der Waals surface area contributed by atoms with Crippen LogP contribution in [0, 0.1) is 19.7 Å². The zero-order valence-corrected chi connectivity index (χ0v) is 18.3. The molecule has 0 bridgehead atoms. The topological polar surface area (TPSA) is 114 Å². The van der Waals surface area contributed by atoms with Gasteiger partial charge in [0, 0.05) is 11.1 Å². The van der Waals surface area contributed by atoms with Crippen molar-refractivity contribution < 1.29 is 17.6 Å². The highest BCUT2D eigenvalue weighted by atomic mass is 35.5. The van der Waals surface area contributed by atoms with Crippen molar-refractivity contribution >= 4 is 38.9 Å². The van der Waals surface area contributed by atoms with Crippen LogP contribution in [-0.4, -0.2) is 29.3 Å². The number of aryl methyl sites for hydroxylation is 2. The maximum atomic E-state index is 13.5. The first kappa shape index (κ1) is 22.2. The Bertz CT molecular complexity index is 1200. The molecular weight excluding hydrogens is 453 g/mol. The van der Waals surface area contributed by atoms with Crippen molar-refractivity contribution in [2.45, 2.75) is 31.8 Å². The molecule has 158 valence electrons. The fourth-order valence-electron chi connectivity index (χ4n) is 2.43. The number of aromatic nitrogens is 3. The van der Waals surface area contributed by atoms with Crippen molar-refractivity contribution in [2.75, 3.05) is 0 Å². The van der Waals surface area contributed by atoms with E-state index in [0.717, 1.165) is 22.0 Å². The van der Waals surface area contributed by atoms with E-state index in [-0.39, 0.29) is 22.2 Å². The number of sulfonamides is 1. The summed E-state index contributed by atoms with van der Waals surface area (Å²) >= 11 is 7.06. The first-order valence-electron chi connectivity index (χ1n) is 8.62. The monoisotopic (exact) mass is 469 g/mol. The average molecular weight is 470 g/mol. The molecule has 1 aromatic carbocycles. The van der Waals surface area contributed by atoms with Crippen LogP contribution in [-0.2, 0) is 23.1 Å². The smallest absolute Gasteiger partial charge is 0.271 e. The number of carbonyl (C=O) groups excluding carboxylic acids is 1. The number of amides is 1. The number of hydrogen-bond donors (Lipinski definition) is 2. The molecule has 2 heterocycles. The van der Waals surface area contributed by atoms with Crippen molar-refractivity contribution in [3.8, 4) is 0 Å². The number of carbonyl (C=O) groups is 1. The van der Waals surface area contributed by atoms with Gasteiger partial charge in [-0.1, -0.05) is 11.6 Å². The van der Waals surface area contributed by atoms with E-state index in [9.17, 15) is 17.6 Å². The zero-order chi connectivity index (χ0) is 21.9. The molecule has 2 N–H and O–H groups in total. The minimum atomic E-state index is -3.98. The second-order valence-corrected chi connectivity index (χ2v) is 9.71. The number of benzene rings is 1. The third kappa shape index (κ3) is 5.36. The largest absolute Gasteiger partial charge is 0.346 e. The first-order valence-corrected chi connectivity index (χ1v) is 11.3. The standard InChI is InChI=1S/C18H17ClFN5O3S2/c1-10-16(9-24-30(27,28)13-3-4-14(19)15(20)5-13)22-8-17(25-10)18(26)23-7-12-6-21-11(2)29-12/h3-6,8,24H,7,9H2,1-2H3,(H,23,26). The van der Waals surface area contributed by atoms with Gasteiger partial charge in [-0.25, -0.2) is 27.5 Å². The average Bonchev–Trinajstić information content (AvgIpc) is 3.12. The van der Waals surface area contributed by atoms with Gasteiger partial charge in [-0.05, 0) is 32.0 Å². The van der Waals surface area contributed by atoms with E-state index in [0.29, 0.717) is 17.9 Å². The summed E-state index contributed by atoms with van der Waals surface area (Å²) in [6.07, 6.45) is 2.96. The highest BCUT2D eigenvalue weighted by Gasteiger charge is 2.18. The second-order valence-electron chi connectivity index (χ2n) is 6.22. The molecule has 0 fully saturated rings. The van der Waals surface area contributed by atoms with Crippen molar-refractivity contribution in [2.24, 2.45) is 0 Å². The molecule has 3 rings (SSSR count). The number of nitrogens with one attached hydrogen (secondary N) is 2. The first-order chi connectivity index (χ1) is 14.2. The summed E-state index contributed by atoms with van der Waals surface area (Å²) in [5, 5.41) is 3.47. The minimum Gasteiger partial charge on any atom is -0.346 e. The number of rotatable bonds is 7. The Kier molecular flexibility index (Phi) is 6.76. The quantitative estimate of drug-likeness (QED) is 0.550. The molecule has 0 unspecified atom stereocenters. The molecule has 30 heavy (non-hydrogen) atoms. The molecule has 0 saturated heterocycles. The van der Waals surface area contributed by atoms with E-state index >= 15 is 0 Å². The predicted octanol–water partition coefficient (Wildman–Crippen LogP) is 2.75. The highest BCUT2D eigenvalue weighted by molar-refractivity contribution is 7.89. The minimum absolute atomic E-state index is 0.111. The summed E-state index contributed by atoms with van der Waals surface area (Å²) in [5.41, 5.74) is 0.837. The van der Waals surface area contributed by atoms with Crippen LogP contribution < -0.4 is 10.0 Å². The van der Waals surface area contributed by atoms with Crippen LogP contribution in [0.5, 0.6) is 0 Å². The molecule has 0 radical (unpaired) electrons. The molecule has 2 aromatic heterocycles. The number of thiazole rings is 1. The molecule has 0 atom stereocenters. The molecule has 0 aliphatic rings. The Labute approximate surface area is 181 Å². The summed E-state index contributed by atoms with van der Waals surface area (Å²) in [4.78, 5) is 25.4. The molecular formula is C18H17ClFN5O3S2. The van der Waals surface area contributed by atoms with Gasteiger partial charge in [0.15, 0.2) is 0 Å². The summed E-state index contributed by atoms with van der Waals surface area (Å²) in [5.74, 6) is -1.24. The van der Waals surface area contributed by atoms with Gasteiger partial charge >= 0.3 is 0 Å². The highest BCUT2D eigenvalue weighted by Crippen LogP contribution is 2.19. The zero-order valence-electron chi connectivity index (χ0n) is 15.9. The van der Waals surface area contributed by atoms with Gasteiger partial charge in [0.25, 0.3) is 5.91 Å². The van der Waals surface area contributed by atoms with E-state index < -0.39 is 21.7 Å². The van der Waals surface area contributed by atoms with E-state index in [4.69, 9.17) is 11.6 Å². The Hall–Kier alpha value is -2.47. The summed E-state index contributed by atoms with van der Waals surface area (Å²) < 4.78 is 40.6. The fourth-order valence-corrected chi connectivity index (χ4v) is 4.28. The lowest BCUT2D eigenvalue weighted by atomic mass is 10.3. The molecule has 3 aromatic rings. The fraction of sp³-hybridized carbons (Fsp3) is 0.222. The molecule has 1 amide bonds. The molecule has 0 aliphatic heterocycles. The Balaban J connectivity index is 1.64. The van der Waals surface area contributed by atoms with Crippen LogP contribution in [0.3, 0.4) is 0 Å². The van der Waals surface area contributed by atoms with Crippen LogP contribution >= 0.6 is 22.9 Å². The third-order valence-corrected chi connectivity index (χ3v) is 6.62. The van der Waals surface area contributed by atoms with E-state index in [1.165, 1.54) is 23.6 Å². The summed E-state index contributed by atoms with van der Waals surface area (Å²) in [6, 6.07) is 3.20. The van der Waals surface area contributed by atoms with Gasteiger partial charge in [-0.2, -0.15) is 0 Å². The SMILES string of the molecule is Cc1ncc(CNC(=O)c2cnc(CNS(=O)(=O)c3ccc(Cl)c(F)c3)c(C)n2)s1. The number of hydrogen-bond acceptors (Lipinski definition) is 7. The van der Waals surface area contributed by atoms with Crippen molar-refractivity contribution in [3.63, 3.8) is 0 Å². The van der Waals surface area contributed by atoms with Gasteiger partial charge in [-0.15, -0.1) is 11.3 Å². The van der Waals surface area contributed by atoms with Gasteiger partial charge in [0.1, 0.15) is 11.5 Å². The Morgan fingerprint density at radius 3 is 2.60 bits per heavy atom. The number of halogens is 2. The molecule has 8 nitrogen and oxygen atoms in total. The Morgan fingerprint density at radius 2 is 1.97 bits per heavy atom. The van der Waals surface area contributed by atoms with E-state index in [2.05, 4.69) is 25.0 Å². The molecule has 0 saturated carbocycles. The molecule has 0 spiro atoms. The van der Waals surface area contributed by atoms with Crippen LogP contribution in [0.1, 0.15) is 31.8 Å². The molecule has 0 aliphatic carbocycles. The summed E-state index contributed by atoms with van der Waals surface area (Å²) in [6.45, 7) is 3.64. The predicted molar refractivity (Wildman–Crippen MR) is 110 cm³/mol. The maximum Gasteiger partial charge on any atom is 0.271 e. The van der Waals surface area contributed by atoms with Gasteiger partial charge in [-0.3, -0.25) is 9.78 Å². The maximum absolute atomic E-state index is 13.5. The Morgan fingerprint density at radius 1 is 1.20 bits per heavy atom. The van der Waals surface area contributed by atoms with Gasteiger partial charge in [0.05, 0.1) is 45.6 Å². The molecule has 12 heteroatoms. The number of nitrogens with zero attached hydrogens (tertiary/aromatic N) is 3. The van der Waals surface area contributed by atoms with E-state index in [1.807, 2.05) is 6.92 Å². The van der Waals surface area contributed by atoms with Crippen molar-refractivity contribution in [1.29, 1.82) is 0 Å². The second kappa shape index (κ2) is 9.13. The van der Waals surface area contributed by atoms with Crippen LogP contribution in [0.4, 0.5) is 4.39 Å². The van der Waals surface area contributed by atoms with E-state index in [1.54, 1.807) is 13.1 Å². The van der Waals surface area contributed by atoms with Crippen molar-refractivity contribution in [1.82, 2.24) is 25.0 Å². The van der Waals surface area contributed by atoms with Gasteiger partial charge < -0.3 is 5.32 Å². The van der Waals surface area contributed by atoms with Crippen LogP contribution in [0.25, 0.3) is 0 Å².